The van der Waals surface area contributed by atoms with Gasteiger partial charge in [-0.1, -0.05) is 19.1 Å². The van der Waals surface area contributed by atoms with Crippen LogP contribution in [0, 0.1) is 5.41 Å². The smallest absolute Gasteiger partial charge is 0.104 e. The van der Waals surface area contributed by atoms with Gasteiger partial charge in [-0.05, 0) is 6.42 Å². The Hall–Kier alpha value is -0.140. The minimum absolute atomic E-state index is 0.319. The van der Waals surface area contributed by atoms with Crippen molar-refractivity contribution in [2.24, 2.45) is 5.41 Å². The summed E-state index contributed by atoms with van der Waals surface area (Å²) >= 11 is 11.4. The lowest BCUT2D eigenvalue weighted by Crippen LogP contribution is -2.24. The quantitative estimate of drug-likeness (QED) is 0.689. The van der Waals surface area contributed by atoms with E-state index in [0.29, 0.717) is 17.5 Å². The highest BCUT2D eigenvalue weighted by molar-refractivity contribution is 6.20. The number of hydrogen-bond acceptors (Lipinski definition) is 1. The van der Waals surface area contributed by atoms with Crippen LogP contribution in [0.15, 0.2) is 23.5 Å². The van der Waals surface area contributed by atoms with E-state index in [1.165, 1.54) is 0 Å². The molecule has 1 atom stereocenters. The SMILES string of the molecule is CC1(CCl)CC=CC(CCl)=C1O. The number of alkyl halides is 2. The second-order valence-electron chi connectivity index (χ2n) is 3.31. The van der Waals surface area contributed by atoms with E-state index in [0.717, 1.165) is 12.0 Å². The number of aliphatic hydroxyl groups excluding tert-OH is 1. The Morgan fingerprint density at radius 1 is 1.58 bits per heavy atom. The highest BCUT2D eigenvalue weighted by Crippen LogP contribution is 2.36. The number of rotatable bonds is 2. The van der Waals surface area contributed by atoms with E-state index >= 15 is 0 Å². The Morgan fingerprint density at radius 3 is 2.75 bits per heavy atom. The number of allylic oxidation sites excluding steroid dienone is 4. The fourth-order valence-electron chi connectivity index (χ4n) is 1.25. The van der Waals surface area contributed by atoms with Crippen LogP contribution < -0.4 is 0 Å². The lowest BCUT2D eigenvalue weighted by atomic mass is 9.81. The molecule has 1 N–H and O–H groups in total. The van der Waals surface area contributed by atoms with E-state index in [1.807, 2.05) is 19.1 Å². The molecule has 0 fully saturated rings. The standard InChI is InChI=1S/C9H12Cl2O/c1-9(6-11)4-2-3-7(5-10)8(9)12/h2-3,12H,4-6H2,1H3. The number of halogens is 2. The van der Waals surface area contributed by atoms with Crippen molar-refractivity contribution in [2.45, 2.75) is 13.3 Å². The van der Waals surface area contributed by atoms with E-state index in [2.05, 4.69) is 0 Å². The van der Waals surface area contributed by atoms with Gasteiger partial charge in [-0.2, -0.15) is 0 Å². The van der Waals surface area contributed by atoms with E-state index < -0.39 is 0 Å². The summed E-state index contributed by atoms with van der Waals surface area (Å²) < 4.78 is 0. The van der Waals surface area contributed by atoms with Gasteiger partial charge in [0.2, 0.25) is 0 Å². The largest absolute Gasteiger partial charge is 0.511 e. The van der Waals surface area contributed by atoms with Crippen LogP contribution in [-0.4, -0.2) is 16.9 Å². The van der Waals surface area contributed by atoms with Crippen molar-refractivity contribution in [3.8, 4) is 0 Å². The second-order valence-corrected chi connectivity index (χ2v) is 3.84. The Bertz CT molecular complexity index is 233. The first-order chi connectivity index (χ1) is 5.64. The van der Waals surface area contributed by atoms with Gasteiger partial charge in [0.05, 0.1) is 5.88 Å². The topological polar surface area (TPSA) is 20.2 Å². The highest BCUT2D eigenvalue weighted by Gasteiger charge is 2.30. The van der Waals surface area contributed by atoms with Gasteiger partial charge >= 0.3 is 0 Å². The van der Waals surface area contributed by atoms with Crippen LogP contribution in [0.4, 0.5) is 0 Å². The summed E-state index contributed by atoms with van der Waals surface area (Å²) in [5, 5.41) is 9.75. The van der Waals surface area contributed by atoms with E-state index in [-0.39, 0.29) is 5.41 Å². The lowest BCUT2D eigenvalue weighted by Gasteiger charge is -2.29. The molecular weight excluding hydrogens is 195 g/mol. The minimum atomic E-state index is -0.319. The zero-order valence-electron chi connectivity index (χ0n) is 6.98. The first kappa shape index (κ1) is 9.94. The molecule has 0 aromatic rings. The maximum Gasteiger partial charge on any atom is 0.104 e. The molecule has 3 heteroatoms. The molecule has 0 radical (unpaired) electrons. The van der Waals surface area contributed by atoms with E-state index in [4.69, 9.17) is 23.2 Å². The highest BCUT2D eigenvalue weighted by atomic mass is 35.5. The molecule has 0 aromatic carbocycles. The van der Waals surface area contributed by atoms with Crippen molar-refractivity contribution >= 4 is 23.2 Å². The molecule has 0 aliphatic heterocycles. The Kier molecular flexibility index (Phi) is 3.08. The molecule has 0 aromatic heterocycles. The van der Waals surface area contributed by atoms with Crippen LogP contribution in [0.1, 0.15) is 13.3 Å². The second kappa shape index (κ2) is 3.71. The molecule has 1 rings (SSSR count). The summed E-state index contributed by atoms with van der Waals surface area (Å²) in [5.41, 5.74) is 0.464. The van der Waals surface area contributed by atoms with E-state index in [1.54, 1.807) is 0 Å². The van der Waals surface area contributed by atoms with Gasteiger partial charge in [-0.3, -0.25) is 0 Å². The van der Waals surface area contributed by atoms with Crippen LogP contribution in [0.25, 0.3) is 0 Å². The maximum atomic E-state index is 9.75. The molecule has 1 unspecified atom stereocenters. The Labute approximate surface area is 82.7 Å². The summed E-state index contributed by atoms with van der Waals surface area (Å²) in [4.78, 5) is 0. The molecular formula is C9H12Cl2O. The first-order valence-corrected chi connectivity index (χ1v) is 4.92. The fraction of sp³-hybridized carbons (Fsp3) is 0.556. The van der Waals surface area contributed by atoms with Gasteiger partial charge in [0, 0.05) is 16.9 Å². The molecule has 0 amide bonds. The monoisotopic (exact) mass is 206 g/mol. The van der Waals surface area contributed by atoms with E-state index in [9.17, 15) is 5.11 Å². The van der Waals surface area contributed by atoms with Crippen molar-refractivity contribution in [1.29, 1.82) is 0 Å². The molecule has 0 spiro atoms. The molecule has 1 aliphatic carbocycles. The van der Waals surface area contributed by atoms with Gasteiger partial charge in [0.25, 0.3) is 0 Å². The fourth-order valence-corrected chi connectivity index (χ4v) is 1.70. The van der Waals surface area contributed by atoms with Crippen LogP contribution in [0.3, 0.4) is 0 Å². The van der Waals surface area contributed by atoms with Gasteiger partial charge in [-0.25, -0.2) is 0 Å². The zero-order valence-corrected chi connectivity index (χ0v) is 8.49. The lowest BCUT2D eigenvalue weighted by molar-refractivity contribution is 0.255. The normalized spacial score (nSPS) is 29.6. The molecule has 1 nitrogen and oxygen atoms in total. The summed E-state index contributed by atoms with van der Waals surface area (Å²) in [6.45, 7) is 1.94. The molecule has 0 saturated heterocycles. The number of aliphatic hydroxyl groups is 1. The van der Waals surface area contributed by atoms with Gasteiger partial charge in [0.15, 0.2) is 0 Å². The van der Waals surface area contributed by atoms with Gasteiger partial charge in [0.1, 0.15) is 5.76 Å². The predicted octanol–water partition coefficient (Wildman–Crippen LogP) is 3.24. The number of hydrogen-bond donors (Lipinski definition) is 1. The predicted molar refractivity (Wildman–Crippen MR) is 53.0 cm³/mol. The van der Waals surface area contributed by atoms with Crippen molar-refractivity contribution in [3.63, 3.8) is 0 Å². The average molecular weight is 207 g/mol. The molecule has 68 valence electrons. The Balaban J connectivity index is 2.98. The third kappa shape index (κ3) is 1.62. The van der Waals surface area contributed by atoms with Crippen LogP contribution in [0.5, 0.6) is 0 Å². The van der Waals surface area contributed by atoms with Crippen molar-refractivity contribution in [1.82, 2.24) is 0 Å². The van der Waals surface area contributed by atoms with Gasteiger partial charge in [-0.15, -0.1) is 23.2 Å². The van der Waals surface area contributed by atoms with Crippen LogP contribution in [0.2, 0.25) is 0 Å². The zero-order chi connectivity index (χ0) is 9.19. The summed E-state index contributed by atoms with van der Waals surface area (Å²) in [6.07, 6.45) is 4.64. The van der Waals surface area contributed by atoms with Crippen molar-refractivity contribution in [3.05, 3.63) is 23.5 Å². The molecule has 1 aliphatic rings. The van der Waals surface area contributed by atoms with Crippen molar-refractivity contribution in [2.75, 3.05) is 11.8 Å². The molecule has 0 heterocycles. The van der Waals surface area contributed by atoms with Crippen molar-refractivity contribution < 1.29 is 5.11 Å². The minimum Gasteiger partial charge on any atom is -0.511 e. The van der Waals surface area contributed by atoms with Gasteiger partial charge < -0.3 is 5.11 Å². The third-order valence-electron chi connectivity index (χ3n) is 2.20. The van der Waals surface area contributed by atoms with Crippen LogP contribution in [-0.2, 0) is 0 Å². The summed E-state index contributed by atoms with van der Waals surface area (Å²) in [7, 11) is 0. The third-order valence-corrected chi connectivity index (χ3v) is 3.08. The maximum absolute atomic E-state index is 9.75. The average Bonchev–Trinajstić information content (AvgIpc) is 2.10. The summed E-state index contributed by atoms with van der Waals surface area (Å²) in [5.74, 6) is 1.10. The summed E-state index contributed by atoms with van der Waals surface area (Å²) in [6, 6.07) is 0. The molecule has 0 saturated carbocycles. The molecule has 0 bridgehead atoms. The molecule has 12 heavy (non-hydrogen) atoms. The first-order valence-electron chi connectivity index (χ1n) is 3.85. The Morgan fingerprint density at radius 2 is 2.25 bits per heavy atom. The van der Waals surface area contributed by atoms with Crippen LogP contribution >= 0.6 is 23.2 Å².